The molecule has 4 nitrogen and oxygen atoms in total. The summed E-state index contributed by atoms with van der Waals surface area (Å²) in [5.41, 5.74) is 3.54. The van der Waals surface area contributed by atoms with E-state index < -0.39 is 0 Å². The topological polar surface area (TPSA) is 49.0 Å². The molecule has 1 aliphatic rings. The summed E-state index contributed by atoms with van der Waals surface area (Å²) in [7, 11) is 0. The number of hydrogen-bond donors (Lipinski definition) is 1. The SMILES string of the molecule is CC(C)CN1C(=O)c2[nH]nc(-c3ccc(Cl)cc3)c2C1c1cccc(F)c1. The quantitative estimate of drug-likeness (QED) is 0.683. The lowest BCUT2D eigenvalue weighted by Crippen LogP contribution is -2.32. The van der Waals surface area contributed by atoms with Crippen LogP contribution in [-0.2, 0) is 0 Å². The van der Waals surface area contributed by atoms with Gasteiger partial charge in [-0.1, -0.05) is 49.7 Å². The number of benzene rings is 2. The third-order valence-corrected chi connectivity index (χ3v) is 4.96. The highest BCUT2D eigenvalue weighted by atomic mass is 35.5. The van der Waals surface area contributed by atoms with Gasteiger partial charge in [0.05, 0.1) is 11.7 Å². The first-order valence-electron chi connectivity index (χ1n) is 8.86. The minimum atomic E-state index is -0.380. The van der Waals surface area contributed by atoms with Crippen LogP contribution >= 0.6 is 11.6 Å². The van der Waals surface area contributed by atoms with Crippen molar-refractivity contribution in [2.45, 2.75) is 19.9 Å². The van der Waals surface area contributed by atoms with Gasteiger partial charge in [-0.2, -0.15) is 5.10 Å². The van der Waals surface area contributed by atoms with Gasteiger partial charge in [0.25, 0.3) is 5.91 Å². The second-order valence-electron chi connectivity index (χ2n) is 7.18. The molecule has 138 valence electrons. The van der Waals surface area contributed by atoms with Crippen LogP contribution in [0.2, 0.25) is 5.02 Å². The molecule has 1 N–H and O–H groups in total. The van der Waals surface area contributed by atoms with Crippen molar-refractivity contribution in [2.75, 3.05) is 6.54 Å². The lowest BCUT2D eigenvalue weighted by molar-refractivity contribution is 0.0722. The summed E-state index contributed by atoms with van der Waals surface area (Å²) in [6.45, 7) is 4.69. The van der Waals surface area contributed by atoms with Gasteiger partial charge in [0.15, 0.2) is 0 Å². The van der Waals surface area contributed by atoms with Crippen molar-refractivity contribution in [3.05, 3.63) is 76.2 Å². The average molecular weight is 384 g/mol. The van der Waals surface area contributed by atoms with Crippen molar-refractivity contribution < 1.29 is 9.18 Å². The number of carbonyl (C=O) groups excluding carboxylic acids is 1. The van der Waals surface area contributed by atoms with Crippen molar-refractivity contribution in [3.63, 3.8) is 0 Å². The number of aromatic amines is 1. The van der Waals surface area contributed by atoms with E-state index >= 15 is 0 Å². The summed E-state index contributed by atoms with van der Waals surface area (Å²) in [5.74, 6) is -0.156. The molecular formula is C21H19ClFN3O. The molecule has 2 heterocycles. The fourth-order valence-electron chi connectivity index (χ4n) is 3.63. The Morgan fingerprint density at radius 1 is 1.22 bits per heavy atom. The normalized spacial score (nSPS) is 16.3. The number of fused-ring (bicyclic) bond motifs is 1. The first kappa shape index (κ1) is 17.7. The second-order valence-corrected chi connectivity index (χ2v) is 7.61. The van der Waals surface area contributed by atoms with Gasteiger partial charge in [0.1, 0.15) is 11.5 Å². The van der Waals surface area contributed by atoms with E-state index in [0.717, 1.165) is 16.7 Å². The van der Waals surface area contributed by atoms with Crippen molar-refractivity contribution in [2.24, 2.45) is 5.92 Å². The molecule has 0 aliphatic carbocycles. The van der Waals surface area contributed by atoms with Gasteiger partial charge >= 0.3 is 0 Å². The van der Waals surface area contributed by atoms with E-state index in [1.165, 1.54) is 12.1 Å². The van der Waals surface area contributed by atoms with Crippen molar-refractivity contribution in [1.82, 2.24) is 15.1 Å². The average Bonchev–Trinajstić information content (AvgIpc) is 3.15. The highest BCUT2D eigenvalue weighted by Crippen LogP contribution is 2.43. The molecule has 0 saturated heterocycles. The van der Waals surface area contributed by atoms with Crippen LogP contribution in [0.3, 0.4) is 0 Å². The number of H-pyrrole nitrogens is 1. The molecule has 1 aliphatic heterocycles. The fourth-order valence-corrected chi connectivity index (χ4v) is 3.76. The van der Waals surface area contributed by atoms with Crippen LogP contribution in [0.1, 0.15) is 41.5 Å². The van der Waals surface area contributed by atoms with E-state index in [2.05, 4.69) is 24.0 Å². The Morgan fingerprint density at radius 3 is 2.63 bits per heavy atom. The largest absolute Gasteiger partial charge is 0.326 e. The predicted molar refractivity (Wildman–Crippen MR) is 103 cm³/mol. The molecule has 1 amide bonds. The molecule has 0 spiro atoms. The number of hydrogen-bond acceptors (Lipinski definition) is 2. The highest BCUT2D eigenvalue weighted by Gasteiger charge is 2.42. The molecule has 0 saturated carbocycles. The molecule has 1 unspecified atom stereocenters. The Bertz CT molecular complexity index is 997. The van der Waals surface area contributed by atoms with Crippen molar-refractivity contribution in [3.8, 4) is 11.3 Å². The number of nitrogens with zero attached hydrogens (tertiary/aromatic N) is 2. The van der Waals surface area contributed by atoms with Gasteiger partial charge < -0.3 is 4.90 Å². The molecule has 3 aromatic rings. The maximum atomic E-state index is 13.9. The Morgan fingerprint density at radius 2 is 1.96 bits per heavy atom. The molecule has 2 aromatic carbocycles. The smallest absolute Gasteiger partial charge is 0.273 e. The van der Waals surface area contributed by atoms with Crippen LogP contribution in [0.5, 0.6) is 0 Å². The first-order chi connectivity index (χ1) is 13.0. The first-order valence-corrected chi connectivity index (χ1v) is 9.24. The monoisotopic (exact) mass is 383 g/mol. The maximum absolute atomic E-state index is 13.9. The lowest BCUT2D eigenvalue weighted by Gasteiger charge is -2.28. The Balaban J connectivity index is 1.89. The standard InChI is InChI=1S/C21H19ClFN3O/c1-12(2)11-26-20(14-4-3-5-16(23)10-14)17-18(24-25-19(17)21(26)27)13-6-8-15(22)9-7-13/h3-10,12,20H,11H2,1-2H3,(H,24,25). The number of nitrogens with one attached hydrogen (secondary N) is 1. The van der Waals surface area contributed by atoms with E-state index in [-0.39, 0.29) is 23.7 Å². The molecule has 0 bridgehead atoms. The minimum Gasteiger partial charge on any atom is -0.326 e. The van der Waals surface area contributed by atoms with Gasteiger partial charge in [0.2, 0.25) is 0 Å². The third kappa shape index (κ3) is 3.12. The Hall–Kier alpha value is -2.66. The van der Waals surface area contributed by atoms with E-state index in [9.17, 15) is 9.18 Å². The fraction of sp³-hybridized carbons (Fsp3) is 0.238. The second kappa shape index (κ2) is 6.82. The number of halogens is 2. The summed E-state index contributed by atoms with van der Waals surface area (Å²) >= 11 is 6.00. The molecule has 27 heavy (non-hydrogen) atoms. The Labute approximate surface area is 162 Å². The van der Waals surface area contributed by atoms with Crippen molar-refractivity contribution in [1.29, 1.82) is 0 Å². The van der Waals surface area contributed by atoms with Gasteiger partial charge in [-0.15, -0.1) is 0 Å². The molecule has 4 rings (SSSR count). The van der Waals surface area contributed by atoms with Crippen LogP contribution in [0, 0.1) is 11.7 Å². The summed E-state index contributed by atoms with van der Waals surface area (Å²) in [5, 5.41) is 7.92. The zero-order valence-electron chi connectivity index (χ0n) is 15.0. The zero-order chi connectivity index (χ0) is 19.1. The lowest BCUT2D eigenvalue weighted by atomic mass is 9.95. The summed E-state index contributed by atoms with van der Waals surface area (Å²) in [6, 6.07) is 13.4. The van der Waals surface area contributed by atoms with Gasteiger partial charge in [0, 0.05) is 22.7 Å². The third-order valence-electron chi connectivity index (χ3n) is 4.71. The molecule has 6 heteroatoms. The van der Waals surface area contributed by atoms with Crippen LogP contribution in [-0.4, -0.2) is 27.5 Å². The van der Waals surface area contributed by atoms with Crippen LogP contribution < -0.4 is 0 Å². The maximum Gasteiger partial charge on any atom is 0.273 e. The van der Waals surface area contributed by atoms with Crippen LogP contribution in [0.15, 0.2) is 48.5 Å². The van der Waals surface area contributed by atoms with Gasteiger partial charge in [-0.05, 0) is 35.7 Å². The summed E-state index contributed by atoms with van der Waals surface area (Å²) in [4.78, 5) is 14.8. The molecular weight excluding hydrogens is 365 g/mol. The van der Waals surface area contributed by atoms with Crippen LogP contribution in [0.4, 0.5) is 4.39 Å². The highest BCUT2D eigenvalue weighted by molar-refractivity contribution is 6.30. The van der Waals surface area contributed by atoms with Crippen molar-refractivity contribution >= 4 is 17.5 Å². The number of aromatic nitrogens is 2. The predicted octanol–water partition coefficient (Wildman–Crippen LogP) is 5.07. The van der Waals surface area contributed by atoms with E-state index in [0.29, 0.717) is 23.0 Å². The molecule has 0 radical (unpaired) electrons. The summed E-state index contributed by atoms with van der Waals surface area (Å²) < 4.78 is 13.9. The molecule has 1 aromatic heterocycles. The van der Waals surface area contributed by atoms with E-state index in [4.69, 9.17) is 11.6 Å². The number of rotatable bonds is 4. The van der Waals surface area contributed by atoms with Gasteiger partial charge in [-0.25, -0.2) is 4.39 Å². The number of carbonyl (C=O) groups is 1. The number of amides is 1. The van der Waals surface area contributed by atoms with E-state index in [1.54, 1.807) is 23.1 Å². The summed E-state index contributed by atoms with van der Waals surface area (Å²) in [6.07, 6.45) is 0. The molecule has 0 fully saturated rings. The van der Waals surface area contributed by atoms with Gasteiger partial charge in [-0.3, -0.25) is 9.89 Å². The van der Waals surface area contributed by atoms with E-state index in [1.807, 2.05) is 18.2 Å². The minimum absolute atomic E-state index is 0.110. The van der Waals surface area contributed by atoms with Crippen LogP contribution in [0.25, 0.3) is 11.3 Å². The molecule has 1 atom stereocenters. The zero-order valence-corrected chi connectivity index (χ0v) is 15.8. The Kier molecular flexibility index (Phi) is 4.48.